The summed E-state index contributed by atoms with van der Waals surface area (Å²) in [5.41, 5.74) is 6.70. The smallest absolute Gasteiger partial charge is 0.366 e. The molecule has 0 radical (unpaired) electrons. The maximum Gasteiger partial charge on any atom is 0.417 e. The Labute approximate surface area is 214 Å². The lowest BCUT2D eigenvalue weighted by Crippen LogP contribution is -2.19. The van der Waals surface area contributed by atoms with Crippen molar-refractivity contribution in [3.05, 3.63) is 102 Å². The first kappa shape index (κ1) is 24.6. The van der Waals surface area contributed by atoms with Gasteiger partial charge in [-0.15, -0.1) is 0 Å². The number of alkyl halides is 3. The molecule has 38 heavy (non-hydrogen) atoms. The number of carbonyl (C=O) groups is 2. The highest BCUT2D eigenvalue weighted by molar-refractivity contribution is 6.06. The van der Waals surface area contributed by atoms with E-state index >= 15 is 0 Å². The van der Waals surface area contributed by atoms with E-state index in [-0.39, 0.29) is 11.4 Å². The first-order valence-electron chi connectivity index (χ1n) is 11.3. The van der Waals surface area contributed by atoms with E-state index in [4.69, 9.17) is 5.73 Å². The van der Waals surface area contributed by atoms with Gasteiger partial charge in [-0.1, -0.05) is 18.2 Å². The van der Waals surface area contributed by atoms with Crippen molar-refractivity contribution >= 4 is 23.1 Å². The molecule has 4 heterocycles. The molecule has 5 rings (SSSR count). The fourth-order valence-corrected chi connectivity index (χ4v) is 4.03. The Morgan fingerprint density at radius 3 is 2.50 bits per heavy atom. The van der Waals surface area contributed by atoms with Gasteiger partial charge in [-0.05, 0) is 54.4 Å². The Morgan fingerprint density at radius 1 is 0.974 bits per heavy atom. The van der Waals surface area contributed by atoms with Crippen molar-refractivity contribution in [2.24, 2.45) is 5.73 Å². The topological polar surface area (TPSA) is 115 Å². The lowest BCUT2D eigenvalue weighted by Gasteiger charge is -2.15. The summed E-state index contributed by atoms with van der Waals surface area (Å²) in [5, 5.41) is 2.44. The summed E-state index contributed by atoms with van der Waals surface area (Å²) >= 11 is 0. The number of aromatic nitrogens is 4. The third-order valence-electron chi connectivity index (χ3n) is 5.88. The lowest BCUT2D eigenvalue weighted by molar-refractivity contribution is -0.137. The van der Waals surface area contributed by atoms with Crippen LogP contribution in [0.4, 0.5) is 19.0 Å². The number of primary amides is 1. The number of nitrogens with one attached hydrogen (secondary N) is 1. The van der Waals surface area contributed by atoms with E-state index in [1.807, 2.05) is 0 Å². The molecule has 0 bridgehead atoms. The summed E-state index contributed by atoms with van der Waals surface area (Å²) in [4.78, 5) is 37.3. The number of hydrogen-bond donors (Lipinski definition) is 2. The summed E-state index contributed by atoms with van der Waals surface area (Å²) in [6, 6.07) is 13.0. The molecule has 8 nitrogen and oxygen atoms in total. The molecule has 2 amide bonds. The number of halogens is 3. The minimum Gasteiger partial charge on any atom is -0.366 e. The van der Waals surface area contributed by atoms with Gasteiger partial charge in [-0.3, -0.25) is 19.0 Å². The van der Waals surface area contributed by atoms with Gasteiger partial charge in [0.2, 0.25) is 5.91 Å². The molecule has 0 saturated heterocycles. The number of imidazole rings is 1. The first-order chi connectivity index (χ1) is 18.1. The van der Waals surface area contributed by atoms with Crippen LogP contribution in [-0.4, -0.2) is 31.2 Å². The summed E-state index contributed by atoms with van der Waals surface area (Å²) < 4.78 is 43.1. The second-order valence-electron chi connectivity index (χ2n) is 8.49. The number of nitrogens with zero attached hydrogens (tertiary/aromatic N) is 4. The Bertz CT molecular complexity index is 1690. The fourth-order valence-electron chi connectivity index (χ4n) is 4.03. The third-order valence-corrected chi connectivity index (χ3v) is 5.88. The standard InChI is InChI=1S/C27H19F3N6O2/c1-15-4-7-23(33-13-15)35-26(38)19-11-16(5-6-20(19)27(28,29)30)18-3-2-10-36-22(18)14-34-25(36)21-12-17(24(31)37)8-9-32-21/h2-14H,1H3,(H2,31,37)(H,33,35,38). The van der Waals surface area contributed by atoms with E-state index in [1.165, 1.54) is 48.9 Å². The van der Waals surface area contributed by atoms with Crippen LogP contribution in [0.25, 0.3) is 28.2 Å². The number of carbonyl (C=O) groups excluding carboxylic acids is 2. The number of pyridine rings is 3. The monoisotopic (exact) mass is 516 g/mol. The molecule has 0 saturated carbocycles. The molecule has 0 spiro atoms. The average molecular weight is 516 g/mol. The summed E-state index contributed by atoms with van der Waals surface area (Å²) in [5.74, 6) is -1.02. The van der Waals surface area contributed by atoms with Crippen molar-refractivity contribution < 1.29 is 22.8 Å². The van der Waals surface area contributed by atoms with Gasteiger partial charge in [0.05, 0.1) is 22.8 Å². The second kappa shape index (κ2) is 9.43. The number of amides is 2. The van der Waals surface area contributed by atoms with Crippen molar-refractivity contribution in [2.75, 3.05) is 5.32 Å². The SMILES string of the molecule is Cc1ccc(NC(=O)c2cc(-c3cccn4c(-c5cc(C(N)=O)ccn5)ncc34)ccc2C(F)(F)F)nc1. The number of hydrogen-bond acceptors (Lipinski definition) is 5. The predicted octanol–water partition coefficient (Wildman–Crippen LogP) is 5.14. The molecule has 0 aliphatic carbocycles. The molecule has 11 heteroatoms. The predicted molar refractivity (Wildman–Crippen MR) is 134 cm³/mol. The van der Waals surface area contributed by atoms with Gasteiger partial charge < -0.3 is 11.1 Å². The van der Waals surface area contributed by atoms with Crippen molar-refractivity contribution in [1.29, 1.82) is 0 Å². The second-order valence-corrected chi connectivity index (χ2v) is 8.49. The maximum absolute atomic E-state index is 13.8. The molecular weight excluding hydrogens is 497 g/mol. The number of anilines is 1. The fraction of sp³-hybridized carbons (Fsp3) is 0.0741. The van der Waals surface area contributed by atoms with E-state index < -0.39 is 29.1 Å². The van der Waals surface area contributed by atoms with Gasteiger partial charge in [0.25, 0.3) is 5.91 Å². The minimum atomic E-state index is -4.75. The largest absolute Gasteiger partial charge is 0.417 e. The number of aryl methyl sites for hydroxylation is 1. The van der Waals surface area contributed by atoms with Crippen LogP contribution in [0.2, 0.25) is 0 Å². The van der Waals surface area contributed by atoms with Gasteiger partial charge in [-0.2, -0.15) is 13.2 Å². The summed E-state index contributed by atoms with van der Waals surface area (Å²) in [7, 11) is 0. The van der Waals surface area contributed by atoms with Crippen LogP contribution in [0.5, 0.6) is 0 Å². The van der Waals surface area contributed by atoms with E-state index in [0.717, 1.165) is 11.6 Å². The van der Waals surface area contributed by atoms with Crippen LogP contribution < -0.4 is 11.1 Å². The van der Waals surface area contributed by atoms with Crippen LogP contribution in [-0.2, 0) is 6.18 Å². The average Bonchev–Trinajstić information content (AvgIpc) is 3.33. The molecule has 0 atom stereocenters. The van der Waals surface area contributed by atoms with E-state index in [1.54, 1.807) is 35.7 Å². The molecule has 0 unspecified atom stereocenters. The summed E-state index contributed by atoms with van der Waals surface area (Å²) in [6.45, 7) is 1.80. The Balaban J connectivity index is 1.59. The van der Waals surface area contributed by atoms with Crippen molar-refractivity contribution in [2.45, 2.75) is 13.1 Å². The van der Waals surface area contributed by atoms with Gasteiger partial charge in [0.15, 0.2) is 5.82 Å². The Hall–Kier alpha value is -5.06. The van der Waals surface area contributed by atoms with E-state index in [2.05, 4.69) is 20.3 Å². The zero-order chi connectivity index (χ0) is 27.0. The third kappa shape index (κ3) is 4.69. The van der Waals surface area contributed by atoms with Gasteiger partial charge >= 0.3 is 6.18 Å². The van der Waals surface area contributed by atoms with Crippen LogP contribution in [0.1, 0.15) is 31.8 Å². The van der Waals surface area contributed by atoms with Crippen molar-refractivity contribution in [3.8, 4) is 22.6 Å². The number of fused-ring (bicyclic) bond motifs is 1. The Kier molecular flexibility index (Phi) is 6.11. The first-order valence-corrected chi connectivity index (χ1v) is 11.3. The lowest BCUT2D eigenvalue weighted by atomic mass is 9.98. The van der Waals surface area contributed by atoms with Crippen molar-refractivity contribution in [3.63, 3.8) is 0 Å². The van der Waals surface area contributed by atoms with Gasteiger partial charge in [0, 0.05) is 29.7 Å². The van der Waals surface area contributed by atoms with Crippen LogP contribution >= 0.6 is 0 Å². The quantitative estimate of drug-likeness (QED) is 0.336. The minimum absolute atomic E-state index is 0.132. The van der Waals surface area contributed by atoms with E-state index in [0.29, 0.717) is 28.2 Å². The highest BCUT2D eigenvalue weighted by Crippen LogP contribution is 2.36. The molecule has 0 fully saturated rings. The van der Waals surface area contributed by atoms with Crippen LogP contribution in [0.3, 0.4) is 0 Å². The molecule has 0 aliphatic heterocycles. The molecule has 4 aromatic heterocycles. The number of rotatable bonds is 5. The van der Waals surface area contributed by atoms with Gasteiger partial charge in [0.1, 0.15) is 11.5 Å². The zero-order valence-corrected chi connectivity index (χ0v) is 19.8. The van der Waals surface area contributed by atoms with Crippen LogP contribution in [0.15, 0.2) is 79.4 Å². The highest BCUT2D eigenvalue weighted by Gasteiger charge is 2.35. The Morgan fingerprint density at radius 2 is 1.79 bits per heavy atom. The molecule has 0 aliphatic rings. The molecule has 3 N–H and O–H groups in total. The number of benzene rings is 1. The summed E-state index contributed by atoms with van der Waals surface area (Å²) in [6.07, 6.45) is 1.43. The highest BCUT2D eigenvalue weighted by atomic mass is 19.4. The molecule has 5 aromatic rings. The van der Waals surface area contributed by atoms with Crippen molar-refractivity contribution in [1.82, 2.24) is 19.4 Å². The molecule has 190 valence electrons. The van der Waals surface area contributed by atoms with Crippen LogP contribution in [0, 0.1) is 6.92 Å². The normalized spacial score (nSPS) is 11.5. The zero-order valence-electron chi connectivity index (χ0n) is 19.8. The molecule has 1 aromatic carbocycles. The molecular formula is C27H19F3N6O2. The maximum atomic E-state index is 13.8. The van der Waals surface area contributed by atoms with Gasteiger partial charge in [-0.25, -0.2) is 9.97 Å². The number of nitrogens with two attached hydrogens (primary N) is 1. The van der Waals surface area contributed by atoms with E-state index in [9.17, 15) is 22.8 Å².